The van der Waals surface area contributed by atoms with Crippen molar-refractivity contribution in [1.29, 1.82) is 0 Å². The maximum absolute atomic E-state index is 13.7. The van der Waals surface area contributed by atoms with Crippen LogP contribution in [0.5, 0.6) is 0 Å². The van der Waals surface area contributed by atoms with Gasteiger partial charge < -0.3 is 5.73 Å². The number of sulfonamides is 1. The Bertz CT molecular complexity index is 807. The molecule has 3 N–H and O–H groups in total. The van der Waals surface area contributed by atoms with Crippen LogP contribution in [0.2, 0.25) is 0 Å². The van der Waals surface area contributed by atoms with Gasteiger partial charge in [0.2, 0.25) is 0 Å². The molecule has 0 aliphatic heterocycles. The summed E-state index contributed by atoms with van der Waals surface area (Å²) in [6, 6.07) is 7.52. The summed E-state index contributed by atoms with van der Waals surface area (Å²) in [5, 5.41) is 0. The number of rotatable bonds is 3. The van der Waals surface area contributed by atoms with Gasteiger partial charge in [-0.3, -0.25) is 4.72 Å². The molecule has 0 fully saturated rings. The summed E-state index contributed by atoms with van der Waals surface area (Å²) in [5.41, 5.74) is 6.97. The molecule has 0 saturated heterocycles. The quantitative estimate of drug-likeness (QED) is 0.808. The first-order valence-corrected chi connectivity index (χ1v) is 8.33. The Kier molecular flexibility index (Phi) is 4.25. The number of hydrogen-bond acceptors (Lipinski definition) is 3. The van der Waals surface area contributed by atoms with Crippen LogP contribution >= 0.6 is 15.9 Å². The lowest BCUT2D eigenvalue weighted by Gasteiger charge is -2.13. The van der Waals surface area contributed by atoms with Gasteiger partial charge in [0, 0.05) is 15.7 Å². The number of anilines is 2. The van der Waals surface area contributed by atoms with Crippen LogP contribution in [0.15, 0.2) is 39.7 Å². The first-order valence-electron chi connectivity index (χ1n) is 6.05. The summed E-state index contributed by atoms with van der Waals surface area (Å²) in [7, 11) is -3.92. The minimum Gasteiger partial charge on any atom is -0.399 e. The van der Waals surface area contributed by atoms with E-state index >= 15 is 0 Å². The molecule has 21 heavy (non-hydrogen) atoms. The molecule has 2 aromatic rings. The third-order valence-corrected chi connectivity index (χ3v) is 5.13. The molecule has 0 aliphatic carbocycles. The molecule has 112 valence electrons. The lowest BCUT2D eigenvalue weighted by molar-refractivity contribution is 0.591. The van der Waals surface area contributed by atoms with Crippen molar-refractivity contribution in [2.75, 3.05) is 10.5 Å². The van der Waals surface area contributed by atoms with Crippen LogP contribution < -0.4 is 10.5 Å². The first-order chi connectivity index (χ1) is 9.70. The zero-order valence-electron chi connectivity index (χ0n) is 11.4. The topological polar surface area (TPSA) is 72.2 Å². The zero-order chi connectivity index (χ0) is 15.8. The molecule has 0 aromatic heterocycles. The van der Waals surface area contributed by atoms with E-state index in [1.54, 1.807) is 18.2 Å². The fraction of sp³-hybridized carbons (Fsp3) is 0.143. The molecule has 0 saturated carbocycles. The molecule has 0 heterocycles. The average molecular weight is 373 g/mol. The third-order valence-electron chi connectivity index (χ3n) is 2.98. The van der Waals surface area contributed by atoms with Crippen LogP contribution in [0.1, 0.15) is 11.1 Å². The van der Waals surface area contributed by atoms with Crippen LogP contribution in [0.3, 0.4) is 0 Å². The van der Waals surface area contributed by atoms with Crippen molar-refractivity contribution in [1.82, 2.24) is 0 Å². The maximum Gasteiger partial charge on any atom is 0.262 e. The molecule has 2 rings (SSSR count). The number of nitrogen functional groups attached to an aromatic ring is 1. The Morgan fingerprint density at radius 2 is 1.86 bits per heavy atom. The Hall–Kier alpha value is -1.60. The molecule has 2 aromatic carbocycles. The summed E-state index contributed by atoms with van der Waals surface area (Å²) in [6.45, 7) is 3.29. The summed E-state index contributed by atoms with van der Waals surface area (Å²) in [5.74, 6) is -0.654. The van der Waals surface area contributed by atoms with Crippen LogP contribution in [0.25, 0.3) is 0 Å². The Morgan fingerprint density at radius 1 is 1.19 bits per heavy atom. The lowest BCUT2D eigenvalue weighted by Crippen LogP contribution is -2.15. The number of nitrogens with two attached hydrogens (primary N) is 1. The molecular weight excluding hydrogens is 359 g/mol. The molecule has 4 nitrogen and oxygen atoms in total. The Morgan fingerprint density at radius 3 is 2.48 bits per heavy atom. The highest BCUT2D eigenvalue weighted by atomic mass is 79.9. The second-order valence-electron chi connectivity index (χ2n) is 4.71. The normalized spacial score (nSPS) is 11.4. The first kappa shape index (κ1) is 15.8. The minimum atomic E-state index is -3.92. The van der Waals surface area contributed by atoms with Gasteiger partial charge in [-0.05, 0) is 59.6 Å². The highest BCUT2D eigenvalue weighted by molar-refractivity contribution is 9.10. The van der Waals surface area contributed by atoms with E-state index in [1.165, 1.54) is 13.0 Å². The predicted molar refractivity (Wildman–Crippen MR) is 85.2 cm³/mol. The fourth-order valence-electron chi connectivity index (χ4n) is 1.86. The lowest BCUT2D eigenvalue weighted by atomic mass is 10.2. The van der Waals surface area contributed by atoms with Gasteiger partial charge in [-0.2, -0.15) is 0 Å². The highest BCUT2D eigenvalue weighted by Crippen LogP contribution is 2.28. The predicted octanol–water partition coefficient (Wildman–Crippen LogP) is 3.59. The van der Waals surface area contributed by atoms with E-state index in [0.717, 1.165) is 11.6 Å². The van der Waals surface area contributed by atoms with Gasteiger partial charge in [-0.25, -0.2) is 12.8 Å². The maximum atomic E-state index is 13.7. The van der Waals surface area contributed by atoms with Crippen LogP contribution in [-0.2, 0) is 10.0 Å². The third kappa shape index (κ3) is 3.36. The fourth-order valence-corrected chi connectivity index (χ4v) is 3.95. The van der Waals surface area contributed by atoms with Gasteiger partial charge in [0.25, 0.3) is 10.0 Å². The van der Waals surface area contributed by atoms with Crippen LogP contribution in [0.4, 0.5) is 15.8 Å². The van der Waals surface area contributed by atoms with Crippen molar-refractivity contribution in [2.45, 2.75) is 18.7 Å². The van der Waals surface area contributed by atoms with Crippen molar-refractivity contribution < 1.29 is 12.8 Å². The largest absolute Gasteiger partial charge is 0.399 e. The average Bonchev–Trinajstić information content (AvgIpc) is 2.37. The highest BCUT2D eigenvalue weighted by Gasteiger charge is 2.21. The van der Waals surface area contributed by atoms with E-state index in [4.69, 9.17) is 5.73 Å². The van der Waals surface area contributed by atoms with Crippen molar-refractivity contribution in [3.05, 3.63) is 51.7 Å². The van der Waals surface area contributed by atoms with Gasteiger partial charge in [0.15, 0.2) is 0 Å². The Balaban J connectivity index is 2.48. The second kappa shape index (κ2) is 5.65. The summed E-state index contributed by atoms with van der Waals surface area (Å²) < 4.78 is 41.5. The van der Waals surface area contributed by atoms with E-state index in [1.807, 2.05) is 6.92 Å². The van der Waals surface area contributed by atoms with E-state index in [-0.39, 0.29) is 16.1 Å². The number of hydrogen-bond donors (Lipinski definition) is 2. The van der Waals surface area contributed by atoms with Crippen LogP contribution in [-0.4, -0.2) is 8.42 Å². The molecule has 7 heteroatoms. The van der Waals surface area contributed by atoms with Gasteiger partial charge in [-0.1, -0.05) is 6.07 Å². The van der Waals surface area contributed by atoms with Gasteiger partial charge in [0.05, 0.1) is 10.6 Å². The van der Waals surface area contributed by atoms with Crippen molar-refractivity contribution >= 4 is 37.3 Å². The molecule has 0 atom stereocenters. The van der Waals surface area contributed by atoms with Crippen molar-refractivity contribution in [2.24, 2.45) is 0 Å². The van der Waals surface area contributed by atoms with Crippen molar-refractivity contribution in [3.63, 3.8) is 0 Å². The van der Waals surface area contributed by atoms with Gasteiger partial charge in [0.1, 0.15) is 5.82 Å². The van der Waals surface area contributed by atoms with E-state index in [0.29, 0.717) is 10.2 Å². The van der Waals surface area contributed by atoms with E-state index < -0.39 is 15.8 Å². The molecule has 0 spiro atoms. The van der Waals surface area contributed by atoms with Gasteiger partial charge in [-0.15, -0.1) is 0 Å². The van der Waals surface area contributed by atoms with Gasteiger partial charge >= 0.3 is 0 Å². The molecule has 0 bridgehead atoms. The summed E-state index contributed by atoms with van der Waals surface area (Å²) >= 11 is 3.29. The van der Waals surface area contributed by atoms with E-state index in [9.17, 15) is 12.8 Å². The summed E-state index contributed by atoms with van der Waals surface area (Å²) in [6.07, 6.45) is 0. The standard InChI is InChI=1S/C14H14BrFN2O2S/c1-8-3-4-13(11(15)5-8)18-21(19,20)14-7-10(17)6-12(16)9(14)2/h3-7,18H,17H2,1-2H3. The SMILES string of the molecule is Cc1ccc(NS(=O)(=O)c2cc(N)cc(F)c2C)c(Br)c1. The summed E-state index contributed by atoms with van der Waals surface area (Å²) in [4.78, 5) is -0.174. The number of halogens is 2. The van der Waals surface area contributed by atoms with E-state index in [2.05, 4.69) is 20.7 Å². The monoisotopic (exact) mass is 372 g/mol. The van der Waals surface area contributed by atoms with Crippen molar-refractivity contribution in [3.8, 4) is 0 Å². The molecular formula is C14H14BrFN2O2S. The molecule has 0 amide bonds. The minimum absolute atomic E-state index is 0.0277. The Labute approximate surface area is 131 Å². The second-order valence-corrected chi connectivity index (χ2v) is 7.22. The number of aryl methyl sites for hydroxylation is 1. The number of nitrogens with one attached hydrogen (secondary N) is 1. The molecule has 0 unspecified atom stereocenters. The number of benzene rings is 2. The van der Waals surface area contributed by atoms with Crippen LogP contribution in [0, 0.1) is 19.7 Å². The smallest absolute Gasteiger partial charge is 0.262 e. The molecule has 0 aliphatic rings. The molecule has 0 radical (unpaired) electrons. The zero-order valence-corrected chi connectivity index (χ0v) is 13.8.